The zero-order valence-corrected chi connectivity index (χ0v) is 11.8. The van der Waals surface area contributed by atoms with Gasteiger partial charge in [-0.1, -0.05) is 0 Å². The van der Waals surface area contributed by atoms with Crippen molar-refractivity contribution in [3.05, 3.63) is 51.8 Å². The maximum Gasteiger partial charge on any atom is 0.307 e. The highest BCUT2D eigenvalue weighted by Gasteiger charge is 2.12. The predicted octanol–water partition coefficient (Wildman–Crippen LogP) is 2.44. The smallest absolute Gasteiger partial charge is 0.307 e. The number of nitrogens with zero attached hydrogens (tertiary/aromatic N) is 3. The van der Waals surface area contributed by atoms with Crippen molar-refractivity contribution in [2.24, 2.45) is 0 Å². The third-order valence-electron chi connectivity index (χ3n) is 2.93. The molecule has 0 saturated carbocycles. The van der Waals surface area contributed by atoms with E-state index in [1.165, 1.54) is 24.0 Å². The molecule has 0 fully saturated rings. The fourth-order valence-corrected chi connectivity index (χ4v) is 1.93. The van der Waals surface area contributed by atoms with E-state index in [-0.39, 0.29) is 11.5 Å². The zero-order chi connectivity index (χ0) is 15.4. The minimum absolute atomic E-state index is 0.0502. The highest BCUT2D eigenvalue weighted by atomic mass is 16.6. The first kappa shape index (κ1) is 14.7. The first-order valence-corrected chi connectivity index (χ1v) is 6.44. The maximum atomic E-state index is 11.5. The first-order chi connectivity index (χ1) is 10.0. The van der Waals surface area contributed by atoms with Crippen LogP contribution in [0.5, 0.6) is 5.75 Å². The number of ketones is 1. The van der Waals surface area contributed by atoms with E-state index in [4.69, 9.17) is 4.74 Å². The van der Waals surface area contributed by atoms with Gasteiger partial charge in [-0.05, 0) is 32.0 Å². The Hall–Kier alpha value is -2.70. The fraction of sp³-hybridized carbons (Fsp3) is 0.286. The number of hydrogen-bond acceptors (Lipinski definition) is 5. The lowest BCUT2D eigenvalue weighted by Crippen LogP contribution is -2.05. The second kappa shape index (κ2) is 6.17. The largest absolute Gasteiger partial charge is 0.494 e. The summed E-state index contributed by atoms with van der Waals surface area (Å²) in [7, 11) is 0. The molecule has 0 amide bonds. The molecular weight excluding hydrogens is 274 g/mol. The standard InChI is InChI=1S/C14H15N3O4/c1-3-21-14-5-4-11(10(2)18)6-12(14)8-16-9-13(7-15-16)17(19)20/h4-7,9H,3,8H2,1-2H3. The zero-order valence-electron chi connectivity index (χ0n) is 11.8. The van der Waals surface area contributed by atoms with E-state index in [2.05, 4.69) is 5.10 Å². The van der Waals surface area contributed by atoms with Gasteiger partial charge in [0, 0.05) is 11.1 Å². The van der Waals surface area contributed by atoms with Gasteiger partial charge < -0.3 is 4.74 Å². The van der Waals surface area contributed by atoms with Crippen molar-refractivity contribution in [3.8, 4) is 5.75 Å². The monoisotopic (exact) mass is 289 g/mol. The third kappa shape index (κ3) is 3.44. The summed E-state index contributed by atoms with van der Waals surface area (Å²) in [6.45, 7) is 4.13. The topological polar surface area (TPSA) is 87.3 Å². The molecule has 0 N–H and O–H groups in total. The lowest BCUT2D eigenvalue weighted by molar-refractivity contribution is -0.385. The van der Waals surface area contributed by atoms with Crippen LogP contribution in [-0.2, 0) is 6.54 Å². The highest BCUT2D eigenvalue weighted by Crippen LogP contribution is 2.22. The molecule has 21 heavy (non-hydrogen) atoms. The first-order valence-electron chi connectivity index (χ1n) is 6.44. The molecule has 1 aromatic carbocycles. The van der Waals surface area contributed by atoms with E-state index in [9.17, 15) is 14.9 Å². The Kier molecular flexibility index (Phi) is 4.32. The van der Waals surface area contributed by atoms with Crippen LogP contribution in [0.3, 0.4) is 0 Å². The van der Waals surface area contributed by atoms with Gasteiger partial charge in [-0.3, -0.25) is 19.6 Å². The molecule has 0 aliphatic carbocycles. The summed E-state index contributed by atoms with van der Waals surface area (Å²) in [6.07, 6.45) is 2.53. The van der Waals surface area contributed by atoms with E-state index in [0.29, 0.717) is 24.5 Å². The van der Waals surface area contributed by atoms with Gasteiger partial charge in [-0.2, -0.15) is 5.10 Å². The van der Waals surface area contributed by atoms with Crippen molar-refractivity contribution in [2.75, 3.05) is 6.61 Å². The van der Waals surface area contributed by atoms with Crippen LogP contribution in [0.4, 0.5) is 5.69 Å². The molecule has 2 rings (SSSR count). The Morgan fingerprint density at radius 2 is 2.24 bits per heavy atom. The average molecular weight is 289 g/mol. The van der Waals surface area contributed by atoms with Gasteiger partial charge >= 0.3 is 5.69 Å². The van der Waals surface area contributed by atoms with Crippen molar-refractivity contribution in [1.82, 2.24) is 9.78 Å². The van der Waals surface area contributed by atoms with Crippen molar-refractivity contribution in [3.63, 3.8) is 0 Å². The summed E-state index contributed by atoms with van der Waals surface area (Å²) in [4.78, 5) is 21.6. The number of nitro groups is 1. The van der Waals surface area contributed by atoms with E-state index in [0.717, 1.165) is 5.56 Å². The van der Waals surface area contributed by atoms with Gasteiger partial charge in [0.05, 0.1) is 18.1 Å². The molecule has 7 nitrogen and oxygen atoms in total. The fourth-order valence-electron chi connectivity index (χ4n) is 1.93. The van der Waals surface area contributed by atoms with Crippen LogP contribution < -0.4 is 4.74 Å². The van der Waals surface area contributed by atoms with Gasteiger partial charge in [0.2, 0.25) is 0 Å². The molecule has 1 aromatic heterocycles. The van der Waals surface area contributed by atoms with E-state index in [1.54, 1.807) is 18.2 Å². The number of ether oxygens (including phenoxy) is 1. The van der Waals surface area contributed by atoms with E-state index < -0.39 is 4.92 Å². The third-order valence-corrected chi connectivity index (χ3v) is 2.93. The molecule has 1 heterocycles. The van der Waals surface area contributed by atoms with Crippen molar-refractivity contribution in [2.45, 2.75) is 20.4 Å². The molecular formula is C14H15N3O4. The van der Waals surface area contributed by atoms with Crippen LogP contribution in [0, 0.1) is 10.1 Å². The SMILES string of the molecule is CCOc1ccc(C(C)=O)cc1Cn1cc([N+](=O)[O-])cn1. The summed E-state index contributed by atoms with van der Waals surface area (Å²) >= 11 is 0. The normalized spacial score (nSPS) is 10.4. The van der Waals surface area contributed by atoms with E-state index in [1.807, 2.05) is 6.92 Å². The molecule has 0 unspecified atom stereocenters. The second-order valence-corrected chi connectivity index (χ2v) is 4.46. The van der Waals surface area contributed by atoms with Crippen molar-refractivity contribution in [1.29, 1.82) is 0 Å². The lowest BCUT2D eigenvalue weighted by Gasteiger charge is -2.11. The van der Waals surface area contributed by atoms with Gasteiger partial charge in [-0.25, -0.2) is 0 Å². The van der Waals surface area contributed by atoms with Crippen LogP contribution in [0.25, 0.3) is 0 Å². The van der Waals surface area contributed by atoms with Crippen LogP contribution in [0.1, 0.15) is 29.8 Å². The number of rotatable bonds is 6. The molecule has 0 atom stereocenters. The number of carbonyl (C=O) groups excluding carboxylic acids is 1. The minimum Gasteiger partial charge on any atom is -0.494 e. The summed E-state index contributed by atoms with van der Waals surface area (Å²) in [5.74, 6) is 0.589. The molecule has 7 heteroatoms. The maximum absolute atomic E-state index is 11.5. The number of aromatic nitrogens is 2. The quantitative estimate of drug-likeness (QED) is 0.463. The van der Waals surface area contributed by atoms with Gasteiger partial charge in [-0.15, -0.1) is 0 Å². The number of Topliss-reactive ketones (excluding diaryl/α,β-unsaturated/α-hetero) is 1. The number of carbonyl (C=O) groups is 1. The Morgan fingerprint density at radius 3 is 2.81 bits per heavy atom. The summed E-state index contributed by atoms with van der Waals surface area (Å²) in [6, 6.07) is 5.15. The second-order valence-electron chi connectivity index (χ2n) is 4.46. The highest BCUT2D eigenvalue weighted by molar-refractivity contribution is 5.94. The molecule has 0 radical (unpaired) electrons. The molecule has 0 aliphatic heterocycles. The Labute approximate surface area is 121 Å². The minimum atomic E-state index is -0.501. The van der Waals surface area contributed by atoms with Crippen LogP contribution in [0.2, 0.25) is 0 Å². The van der Waals surface area contributed by atoms with Crippen LogP contribution in [0.15, 0.2) is 30.6 Å². The molecule has 2 aromatic rings. The Bertz CT molecular complexity index is 679. The van der Waals surface area contributed by atoms with Gasteiger partial charge in [0.15, 0.2) is 5.78 Å². The summed E-state index contributed by atoms with van der Waals surface area (Å²) < 4.78 is 6.96. The van der Waals surface area contributed by atoms with Crippen LogP contribution >= 0.6 is 0 Å². The molecule has 110 valence electrons. The molecule has 0 aliphatic rings. The number of hydrogen-bond donors (Lipinski definition) is 0. The van der Waals surface area contributed by atoms with Crippen LogP contribution in [-0.4, -0.2) is 27.1 Å². The average Bonchev–Trinajstić information content (AvgIpc) is 2.89. The van der Waals surface area contributed by atoms with Gasteiger partial charge in [0.25, 0.3) is 0 Å². The molecule has 0 saturated heterocycles. The number of benzene rings is 1. The Morgan fingerprint density at radius 1 is 1.48 bits per heavy atom. The lowest BCUT2D eigenvalue weighted by atomic mass is 10.1. The van der Waals surface area contributed by atoms with Gasteiger partial charge in [0.1, 0.15) is 18.1 Å². The summed E-state index contributed by atoms with van der Waals surface area (Å²) in [5.41, 5.74) is 1.24. The molecule has 0 bridgehead atoms. The summed E-state index contributed by atoms with van der Waals surface area (Å²) in [5, 5.41) is 14.6. The molecule has 0 spiro atoms. The Balaban J connectivity index is 2.32. The van der Waals surface area contributed by atoms with Crippen molar-refractivity contribution >= 4 is 11.5 Å². The predicted molar refractivity (Wildman–Crippen MR) is 75.6 cm³/mol. The van der Waals surface area contributed by atoms with E-state index >= 15 is 0 Å². The van der Waals surface area contributed by atoms with Crippen molar-refractivity contribution < 1.29 is 14.5 Å².